The Morgan fingerprint density at radius 1 is 1.28 bits per heavy atom. The maximum Gasteiger partial charge on any atom is 0.573 e. The minimum absolute atomic E-state index is 0.106. The fourth-order valence-electron chi connectivity index (χ4n) is 4.25. The quantitative estimate of drug-likeness (QED) is 0.718. The maximum absolute atomic E-state index is 12.6. The van der Waals surface area contributed by atoms with Gasteiger partial charge in [-0.25, -0.2) is 0 Å². The Hall–Kier alpha value is -3.10. The first-order valence-electron chi connectivity index (χ1n) is 9.12. The molecule has 1 saturated carbocycles. The van der Waals surface area contributed by atoms with Crippen LogP contribution in [0.1, 0.15) is 31.2 Å². The van der Waals surface area contributed by atoms with Gasteiger partial charge in [0.15, 0.2) is 0 Å². The van der Waals surface area contributed by atoms with Crippen LogP contribution in [0, 0.1) is 5.92 Å². The summed E-state index contributed by atoms with van der Waals surface area (Å²) in [7, 11) is 1.88. The zero-order valence-electron chi connectivity index (χ0n) is 15.8. The van der Waals surface area contributed by atoms with Crippen molar-refractivity contribution in [3.63, 3.8) is 0 Å². The van der Waals surface area contributed by atoms with Gasteiger partial charge in [0.2, 0.25) is 0 Å². The van der Waals surface area contributed by atoms with E-state index in [1.165, 1.54) is 0 Å². The van der Waals surface area contributed by atoms with Crippen LogP contribution in [0.3, 0.4) is 0 Å². The molecule has 1 aliphatic rings. The number of pyridine rings is 1. The summed E-state index contributed by atoms with van der Waals surface area (Å²) in [5.41, 5.74) is 0.733. The van der Waals surface area contributed by atoms with Crippen LogP contribution in [-0.4, -0.2) is 26.1 Å². The number of aryl methyl sites for hydroxylation is 1. The molecule has 152 valence electrons. The molecule has 0 radical (unpaired) electrons. The molecular weight excluding hydrogens is 385 g/mol. The molecule has 0 aliphatic heterocycles. The van der Waals surface area contributed by atoms with Gasteiger partial charge >= 0.3 is 6.36 Å². The van der Waals surface area contributed by atoms with Crippen LogP contribution in [0.25, 0.3) is 11.1 Å². The predicted molar refractivity (Wildman–Crippen MR) is 99.4 cm³/mol. The van der Waals surface area contributed by atoms with Crippen LogP contribution in [-0.2, 0) is 12.5 Å². The van der Waals surface area contributed by atoms with Crippen molar-refractivity contribution in [1.82, 2.24) is 19.7 Å². The topological polar surface area (TPSA) is 72.8 Å². The van der Waals surface area contributed by atoms with Gasteiger partial charge in [-0.3, -0.25) is 4.79 Å². The van der Waals surface area contributed by atoms with Gasteiger partial charge in [-0.15, -0.1) is 23.4 Å². The van der Waals surface area contributed by atoms with Crippen molar-refractivity contribution >= 4 is 0 Å². The van der Waals surface area contributed by atoms with E-state index in [0.717, 1.165) is 36.5 Å². The van der Waals surface area contributed by atoms with Crippen LogP contribution in [0.5, 0.6) is 5.75 Å². The van der Waals surface area contributed by atoms with E-state index < -0.39 is 17.7 Å². The van der Waals surface area contributed by atoms with Crippen molar-refractivity contribution in [3.05, 3.63) is 64.6 Å². The number of aromatic amines is 1. The second kappa shape index (κ2) is 6.75. The summed E-state index contributed by atoms with van der Waals surface area (Å²) in [5, 5.41) is 8.29. The summed E-state index contributed by atoms with van der Waals surface area (Å²) < 4.78 is 43.5. The Labute approximate surface area is 164 Å². The summed E-state index contributed by atoms with van der Waals surface area (Å²) >= 11 is 0. The van der Waals surface area contributed by atoms with E-state index >= 15 is 0 Å². The second-order valence-corrected chi connectivity index (χ2v) is 7.57. The van der Waals surface area contributed by atoms with Crippen molar-refractivity contribution in [1.29, 1.82) is 0 Å². The average molecular weight is 404 g/mol. The molecule has 29 heavy (non-hydrogen) atoms. The molecule has 2 heterocycles. The zero-order chi connectivity index (χ0) is 20.8. The predicted octanol–water partition coefficient (Wildman–Crippen LogP) is 3.79. The molecule has 1 aromatic carbocycles. The number of nitrogens with one attached hydrogen (secondary N) is 1. The zero-order valence-corrected chi connectivity index (χ0v) is 15.8. The number of aromatic nitrogens is 4. The van der Waals surface area contributed by atoms with Crippen molar-refractivity contribution in [2.45, 2.75) is 31.5 Å². The third-order valence-corrected chi connectivity index (χ3v) is 5.37. The number of nitrogens with zero attached hydrogens (tertiary/aromatic N) is 3. The van der Waals surface area contributed by atoms with Gasteiger partial charge < -0.3 is 14.3 Å². The first kappa shape index (κ1) is 19.2. The fourth-order valence-corrected chi connectivity index (χ4v) is 4.25. The largest absolute Gasteiger partial charge is 0.573 e. The van der Waals surface area contributed by atoms with Gasteiger partial charge in [-0.1, -0.05) is 25.1 Å². The number of benzene rings is 1. The molecule has 0 spiro atoms. The number of rotatable bonds is 4. The third kappa shape index (κ3) is 3.52. The summed E-state index contributed by atoms with van der Waals surface area (Å²) in [4.78, 5) is 14.6. The van der Waals surface area contributed by atoms with Crippen LogP contribution in [0.4, 0.5) is 13.2 Å². The molecule has 0 saturated heterocycles. The monoisotopic (exact) mass is 404 g/mol. The summed E-state index contributed by atoms with van der Waals surface area (Å²) in [6.07, 6.45) is -0.549. The Morgan fingerprint density at radius 2 is 2.03 bits per heavy atom. The molecule has 0 bridgehead atoms. The lowest BCUT2D eigenvalue weighted by Gasteiger charge is -2.46. The lowest BCUT2D eigenvalue weighted by molar-refractivity contribution is -0.274. The number of alkyl halides is 3. The lowest BCUT2D eigenvalue weighted by Crippen LogP contribution is -2.43. The first-order chi connectivity index (χ1) is 13.7. The molecule has 0 unspecified atom stereocenters. The Balaban J connectivity index is 1.78. The van der Waals surface area contributed by atoms with E-state index in [0.29, 0.717) is 11.5 Å². The van der Waals surface area contributed by atoms with Crippen LogP contribution in [0.15, 0.2) is 47.7 Å². The number of H-pyrrole nitrogens is 1. The molecule has 0 amide bonds. The second-order valence-electron chi connectivity index (χ2n) is 7.57. The van der Waals surface area contributed by atoms with Crippen molar-refractivity contribution < 1.29 is 17.9 Å². The molecule has 2 aromatic heterocycles. The van der Waals surface area contributed by atoms with E-state index in [1.54, 1.807) is 18.5 Å². The smallest absolute Gasteiger partial charge is 0.404 e. The minimum atomic E-state index is -4.84. The molecule has 1 fully saturated rings. The van der Waals surface area contributed by atoms with Crippen molar-refractivity contribution in [2.24, 2.45) is 13.0 Å². The van der Waals surface area contributed by atoms with Gasteiger partial charge in [0.1, 0.15) is 17.9 Å². The third-order valence-electron chi connectivity index (χ3n) is 5.37. The molecule has 1 aliphatic carbocycles. The van der Waals surface area contributed by atoms with E-state index in [2.05, 4.69) is 26.8 Å². The Bertz CT molecular complexity index is 1100. The van der Waals surface area contributed by atoms with Crippen molar-refractivity contribution in [3.8, 4) is 16.9 Å². The number of hydrogen-bond acceptors (Lipinski definition) is 4. The van der Waals surface area contributed by atoms with Gasteiger partial charge in [-0.2, -0.15) is 0 Å². The molecule has 9 heteroatoms. The van der Waals surface area contributed by atoms with E-state index in [-0.39, 0.29) is 11.0 Å². The number of ether oxygens (including phenoxy) is 1. The highest BCUT2D eigenvalue weighted by Crippen LogP contribution is 2.51. The lowest BCUT2D eigenvalue weighted by atomic mass is 9.58. The summed E-state index contributed by atoms with van der Waals surface area (Å²) in [6, 6.07) is 8.38. The summed E-state index contributed by atoms with van der Waals surface area (Å²) in [5.74, 6) is 0.857. The SMILES string of the molecule is CC1CC(c2cccc(-c3cc(OC(F)(F)F)c[nH]c3=O)c2)(c2nncn2C)C1. The van der Waals surface area contributed by atoms with Crippen LogP contribution in [0.2, 0.25) is 0 Å². The van der Waals surface area contributed by atoms with Crippen LogP contribution < -0.4 is 10.3 Å². The molecular formula is C20H19F3N4O2. The first-order valence-corrected chi connectivity index (χ1v) is 9.12. The van der Waals surface area contributed by atoms with E-state index in [9.17, 15) is 18.0 Å². The molecule has 4 rings (SSSR count). The van der Waals surface area contributed by atoms with Gasteiger partial charge in [-0.05, 0) is 42.0 Å². The van der Waals surface area contributed by atoms with Gasteiger partial charge in [0, 0.05) is 13.2 Å². The van der Waals surface area contributed by atoms with Crippen molar-refractivity contribution in [2.75, 3.05) is 0 Å². The standard InChI is InChI=1S/C20H19F3N4O2/c1-12-8-19(9-12,18-26-25-11-27(18)2)14-5-3-4-13(6-14)16-7-15(10-24-17(16)28)29-20(21,22)23/h3-7,10-12H,8-9H2,1-2H3,(H,24,28). The van der Waals surface area contributed by atoms with Gasteiger partial charge in [0.05, 0.1) is 11.0 Å². The molecule has 6 nitrogen and oxygen atoms in total. The van der Waals surface area contributed by atoms with E-state index in [4.69, 9.17) is 0 Å². The number of hydrogen-bond donors (Lipinski definition) is 1. The fraction of sp³-hybridized carbons (Fsp3) is 0.350. The van der Waals surface area contributed by atoms with Crippen LogP contribution >= 0.6 is 0 Å². The minimum Gasteiger partial charge on any atom is -0.404 e. The van der Waals surface area contributed by atoms with Gasteiger partial charge in [0.25, 0.3) is 5.56 Å². The number of halogens is 3. The normalized spacial score (nSPS) is 21.6. The highest BCUT2D eigenvalue weighted by Gasteiger charge is 2.48. The Morgan fingerprint density at radius 3 is 2.66 bits per heavy atom. The Kier molecular flexibility index (Phi) is 4.48. The van der Waals surface area contributed by atoms with E-state index in [1.807, 2.05) is 23.7 Å². The summed E-state index contributed by atoms with van der Waals surface area (Å²) in [6.45, 7) is 2.15. The maximum atomic E-state index is 12.6. The highest BCUT2D eigenvalue weighted by molar-refractivity contribution is 5.65. The highest BCUT2D eigenvalue weighted by atomic mass is 19.4. The molecule has 1 N–H and O–H groups in total. The average Bonchev–Trinajstić information content (AvgIpc) is 3.05. The molecule has 0 atom stereocenters. The molecule has 3 aromatic rings.